The van der Waals surface area contributed by atoms with E-state index in [4.69, 9.17) is 4.74 Å². The fraction of sp³-hybridized carbons (Fsp3) is 0.400. The molecule has 156 valence electrons. The molecule has 1 aliphatic heterocycles. The second-order valence-corrected chi connectivity index (χ2v) is 9.10. The Labute approximate surface area is 171 Å². The summed E-state index contributed by atoms with van der Waals surface area (Å²) in [5, 5.41) is 2.83. The molecule has 1 saturated heterocycles. The van der Waals surface area contributed by atoms with Crippen LogP contribution in [0.25, 0.3) is 0 Å². The molecule has 0 bridgehead atoms. The topological polar surface area (TPSA) is 82.8 Å². The van der Waals surface area contributed by atoms with Crippen molar-refractivity contribution >= 4 is 27.3 Å². The lowest BCUT2D eigenvalue weighted by molar-refractivity contribution is -0.684. The van der Waals surface area contributed by atoms with Crippen LogP contribution in [0.5, 0.6) is 0 Å². The van der Waals surface area contributed by atoms with Gasteiger partial charge in [-0.05, 0) is 24.6 Å². The van der Waals surface area contributed by atoms with Crippen LogP contribution >= 0.6 is 0 Å². The van der Waals surface area contributed by atoms with Crippen LogP contribution in [0.15, 0.2) is 47.6 Å². The number of nitrogens with one attached hydrogen (secondary N) is 1. The highest BCUT2D eigenvalue weighted by molar-refractivity contribution is 7.89. The average Bonchev–Trinajstić information content (AvgIpc) is 2.70. The highest BCUT2D eigenvalue weighted by Crippen LogP contribution is 2.23. The van der Waals surface area contributed by atoms with Gasteiger partial charge < -0.3 is 15.0 Å². The summed E-state index contributed by atoms with van der Waals surface area (Å²) in [4.78, 5) is 14.6. The predicted octanol–water partition coefficient (Wildman–Crippen LogP) is 1.01. The number of carbonyl (C=O) groups is 1. The van der Waals surface area contributed by atoms with E-state index in [0.717, 1.165) is 11.3 Å². The van der Waals surface area contributed by atoms with Gasteiger partial charge in [0.1, 0.15) is 0 Å². The van der Waals surface area contributed by atoms with Gasteiger partial charge in [0.05, 0.1) is 18.1 Å². The first kappa shape index (κ1) is 21.2. The third-order valence-corrected chi connectivity index (χ3v) is 6.70. The fourth-order valence-corrected chi connectivity index (χ4v) is 4.48. The number of hydrogen-bond donors (Lipinski definition) is 1. The standard InChI is InChI=1S/C20H26N4O4S/c1-16-4-5-18(29(26,27)24-10-12-28-13-11-24)14-19(16)21-20(25)15-23-8-6-17(7-9-23)22(2)3/h4-9,14H,10-13,15H2,1-3H3/p+1. The number of hydrogen-bond acceptors (Lipinski definition) is 5. The van der Waals surface area contributed by atoms with Gasteiger partial charge in [-0.2, -0.15) is 8.87 Å². The Kier molecular flexibility index (Phi) is 6.51. The Bertz CT molecular complexity index is 968. The maximum atomic E-state index is 12.9. The van der Waals surface area contributed by atoms with Crippen molar-refractivity contribution < 1.29 is 22.5 Å². The Morgan fingerprint density at radius 1 is 1.17 bits per heavy atom. The molecule has 1 aliphatic rings. The molecule has 1 amide bonds. The van der Waals surface area contributed by atoms with E-state index in [2.05, 4.69) is 5.32 Å². The van der Waals surface area contributed by atoms with Crippen LogP contribution < -0.4 is 14.8 Å². The molecular formula is C20H27N4O4S+. The van der Waals surface area contributed by atoms with Gasteiger partial charge in [-0.3, -0.25) is 4.79 Å². The summed E-state index contributed by atoms with van der Waals surface area (Å²) >= 11 is 0. The van der Waals surface area contributed by atoms with Crippen molar-refractivity contribution in [1.29, 1.82) is 0 Å². The van der Waals surface area contributed by atoms with Gasteiger partial charge in [0.15, 0.2) is 12.4 Å². The van der Waals surface area contributed by atoms with Gasteiger partial charge in [-0.25, -0.2) is 8.42 Å². The van der Waals surface area contributed by atoms with Crippen molar-refractivity contribution in [3.05, 3.63) is 48.3 Å². The molecule has 2 heterocycles. The minimum atomic E-state index is -3.62. The fourth-order valence-electron chi connectivity index (χ4n) is 3.04. The molecule has 1 fully saturated rings. The number of morpholine rings is 1. The monoisotopic (exact) mass is 419 g/mol. The minimum absolute atomic E-state index is 0.133. The number of aromatic nitrogens is 1. The Morgan fingerprint density at radius 3 is 2.45 bits per heavy atom. The summed E-state index contributed by atoms with van der Waals surface area (Å²) in [6.45, 7) is 3.40. The number of sulfonamides is 1. The first-order chi connectivity index (χ1) is 13.8. The second kappa shape index (κ2) is 8.89. The van der Waals surface area contributed by atoms with Gasteiger partial charge in [-0.1, -0.05) is 6.07 Å². The third kappa shape index (κ3) is 5.11. The summed E-state index contributed by atoms with van der Waals surface area (Å²) in [7, 11) is 0.286. The highest BCUT2D eigenvalue weighted by Gasteiger charge is 2.27. The zero-order valence-corrected chi connectivity index (χ0v) is 17.8. The molecule has 0 radical (unpaired) electrons. The molecule has 2 aromatic rings. The Balaban J connectivity index is 1.73. The number of nitrogens with zero attached hydrogens (tertiary/aromatic N) is 3. The SMILES string of the molecule is Cc1ccc(S(=O)(=O)N2CCOCC2)cc1NC(=O)C[n+]1ccc(N(C)C)cc1. The van der Waals surface area contributed by atoms with E-state index in [0.29, 0.717) is 32.0 Å². The number of anilines is 2. The zero-order valence-electron chi connectivity index (χ0n) is 17.0. The number of carbonyl (C=O) groups excluding carboxylic acids is 1. The number of aryl methyl sites for hydroxylation is 1. The molecule has 9 heteroatoms. The quantitative estimate of drug-likeness (QED) is 0.707. The van der Waals surface area contributed by atoms with Gasteiger partial charge in [0.25, 0.3) is 5.91 Å². The third-order valence-electron chi connectivity index (χ3n) is 4.81. The molecule has 0 aliphatic carbocycles. The zero-order chi connectivity index (χ0) is 21.0. The van der Waals surface area contributed by atoms with Crippen LogP contribution in [0.1, 0.15) is 5.56 Å². The summed E-state index contributed by atoms with van der Waals surface area (Å²) in [5.74, 6) is -0.225. The molecule has 0 atom stereocenters. The highest BCUT2D eigenvalue weighted by atomic mass is 32.2. The van der Waals surface area contributed by atoms with Crippen LogP contribution in [0, 0.1) is 6.92 Å². The molecule has 3 rings (SSSR count). The van der Waals surface area contributed by atoms with Crippen molar-refractivity contribution in [3.8, 4) is 0 Å². The van der Waals surface area contributed by atoms with Crippen molar-refractivity contribution in [2.75, 3.05) is 50.6 Å². The molecule has 8 nitrogen and oxygen atoms in total. The van der Waals surface area contributed by atoms with Crippen LogP contribution in [-0.4, -0.2) is 59.0 Å². The van der Waals surface area contributed by atoms with E-state index in [1.54, 1.807) is 16.7 Å². The van der Waals surface area contributed by atoms with Gasteiger partial charge >= 0.3 is 0 Å². The van der Waals surface area contributed by atoms with Crippen molar-refractivity contribution in [2.45, 2.75) is 18.4 Å². The van der Waals surface area contributed by atoms with Crippen molar-refractivity contribution in [1.82, 2.24) is 4.31 Å². The first-order valence-corrected chi connectivity index (χ1v) is 10.9. The number of ether oxygens (including phenoxy) is 1. The smallest absolute Gasteiger partial charge is 0.290 e. The van der Waals surface area contributed by atoms with Crippen molar-refractivity contribution in [3.63, 3.8) is 0 Å². The van der Waals surface area contributed by atoms with E-state index >= 15 is 0 Å². The summed E-state index contributed by atoms with van der Waals surface area (Å²) in [6, 6.07) is 8.66. The largest absolute Gasteiger partial charge is 0.379 e. The lowest BCUT2D eigenvalue weighted by Gasteiger charge is -2.26. The van der Waals surface area contributed by atoms with E-state index in [1.165, 1.54) is 10.4 Å². The molecule has 0 spiro atoms. The summed E-state index contributed by atoms with van der Waals surface area (Å²) in [5.41, 5.74) is 2.33. The number of pyridine rings is 1. The van der Waals surface area contributed by atoms with Gasteiger partial charge in [0.2, 0.25) is 16.6 Å². The van der Waals surface area contributed by atoms with Crippen LogP contribution in [-0.2, 0) is 26.1 Å². The van der Waals surface area contributed by atoms with E-state index in [-0.39, 0.29) is 17.3 Å². The lowest BCUT2D eigenvalue weighted by atomic mass is 10.2. The maximum Gasteiger partial charge on any atom is 0.290 e. The summed E-state index contributed by atoms with van der Waals surface area (Å²) in [6.07, 6.45) is 3.67. The molecule has 1 aromatic carbocycles. The Morgan fingerprint density at radius 2 is 1.83 bits per heavy atom. The molecule has 0 saturated carbocycles. The molecule has 0 unspecified atom stereocenters. The number of benzene rings is 1. The van der Waals surface area contributed by atoms with Gasteiger partial charge in [-0.15, -0.1) is 0 Å². The van der Waals surface area contributed by atoms with Crippen LogP contribution in [0.2, 0.25) is 0 Å². The summed E-state index contributed by atoms with van der Waals surface area (Å²) < 4.78 is 34.1. The molecule has 1 aromatic heterocycles. The predicted molar refractivity (Wildman–Crippen MR) is 110 cm³/mol. The maximum absolute atomic E-state index is 12.9. The van der Waals surface area contributed by atoms with E-state index in [9.17, 15) is 13.2 Å². The first-order valence-electron chi connectivity index (χ1n) is 9.42. The molecular weight excluding hydrogens is 392 g/mol. The van der Waals surface area contributed by atoms with Crippen LogP contribution in [0.4, 0.5) is 11.4 Å². The van der Waals surface area contributed by atoms with E-state index in [1.807, 2.05) is 50.4 Å². The second-order valence-electron chi connectivity index (χ2n) is 7.16. The molecule has 1 N–H and O–H groups in total. The Hall–Kier alpha value is -2.49. The minimum Gasteiger partial charge on any atom is -0.379 e. The van der Waals surface area contributed by atoms with Crippen LogP contribution in [0.3, 0.4) is 0 Å². The lowest BCUT2D eigenvalue weighted by Crippen LogP contribution is -2.40. The van der Waals surface area contributed by atoms with E-state index < -0.39 is 10.0 Å². The van der Waals surface area contributed by atoms with Crippen molar-refractivity contribution in [2.24, 2.45) is 0 Å². The molecule has 29 heavy (non-hydrogen) atoms. The number of amides is 1. The normalized spacial score (nSPS) is 15.1. The number of rotatable bonds is 6. The van der Waals surface area contributed by atoms with Gasteiger partial charge in [0, 0.05) is 50.7 Å². The average molecular weight is 420 g/mol.